The van der Waals surface area contributed by atoms with Gasteiger partial charge in [-0.3, -0.25) is 0 Å². The summed E-state index contributed by atoms with van der Waals surface area (Å²) in [5, 5.41) is 0. The standard InChI is InChI=1S/C41H50F2/c1-3-5-7-9-11-13-15-17-19-35-22-26-37(27-23-35)29-31-39-33-40(42)38(32-41(39)43)30-28-36-24-20-34(21-25-36)18-16-14-12-10-8-6-4-2/h20-27,32-33H,3-19H2,1-2H3. The van der Waals surface area contributed by atoms with Gasteiger partial charge in [-0.1, -0.05) is 145 Å². The second-order valence-corrected chi connectivity index (χ2v) is 11.8. The Morgan fingerprint density at radius 2 is 0.744 bits per heavy atom. The van der Waals surface area contributed by atoms with E-state index in [1.54, 1.807) is 0 Å². The summed E-state index contributed by atoms with van der Waals surface area (Å²) >= 11 is 0. The van der Waals surface area contributed by atoms with Crippen LogP contribution in [0.25, 0.3) is 0 Å². The van der Waals surface area contributed by atoms with Crippen LogP contribution in [0.4, 0.5) is 8.78 Å². The second-order valence-electron chi connectivity index (χ2n) is 11.8. The molecule has 0 amide bonds. The maximum Gasteiger partial charge on any atom is 0.140 e. The first-order chi connectivity index (χ1) is 21.1. The molecular formula is C41H50F2. The summed E-state index contributed by atoms with van der Waals surface area (Å²) in [7, 11) is 0. The van der Waals surface area contributed by atoms with Crippen molar-refractivity contribution < 1.29 is 8.78 Å². The van der Waals surface area contributed by atoms with Crippen molar-refractivity contribution in [2.75, 3.05) is 0 Å². The predicted molar refractivity (Wildman–Crippen MR) is 179 cm³/mol. The van der Waals surface area contributed by atoms with Gasteiger partial charge in [0.2, 0.25) is 0 Å². The molecule has 0 aromatic heterocycles. The van der Waals surface area contributed by atoms with E-state index in [1.807, 2.05) is 24.3 Å². The van der Waals surface area contributed by atoms with Crippen molar-refractivity contribution in [3.05, 3.63) is 106 Å². The Bertz CT molecular complexity index is 1330. The molecule has 228 valence electrons. The zero-order valence-corrected chi connectivity index (χ0v) is 26.6. The third-order valence-corrected chi connectivity index (χ3v) is 8.04. The van der Waals surface area contributed by atoms with Crippen LogP contribution in [0.2, 0.25) is 0 Å². The Kier molecular flexibility index (Phi) is 16.3. The van der Waals surface area contributed by atoms with Crippen molar-refractivity contribution >= 4 is 0 Å². The van der Waals surface area contributed by atoms with Gasteiger partial charge < -0.3 is 0 Å². The molecule has 0 radical (unpaired) electrons. The molecule has 3 rings (SSSR count). The number of benzene rings is 3. The molecule has 0 bridgehead atoms. The van der Waals surface area contributed by atoms with Gasteiger partial charge in [0, 0.05) is 11.1 Å². The van der Waals surface area contributed by atoms with Crippen molar-refractivity contribution in [3.8, 4) is 23.7 Å². The van der Waals surface area contributed by atoms with Gasteiger partial charge in [0.25, 0.3) is 0 Å². The lowest BCUT2D eigenvalue weighted by Gasteiger charge is -2.03. The SMILES string of the molecule is CCCCCCCCCCc1ccc(C#Cc2cc(F)c(C#Cc3ccc(CCCCCCCCC)cc3)cc2F)cc1. The highest BCUT2D eigenvalue weighted by atomic mass is 19.1. The van der Waals surface area contributed by atoms with Gasteiger partial charge in [0.1, 0.15) is 11.6 Å². The Balaban J connectivity index is 1.47. The lowest BCUT2D eigenvalue weighted by atomic mass is 10.0. The number of aryl methyl sites for hydroxylation is 2. The molecule has 43 heavy (non-hydrogen) atoms. The van der Waals surface area contributed by atoms with Gasteiger partial charge in [-0.25, -0.2) is 8.78 Å². The van der Waals surface area contributed by atoms with Crippen LogP contribution in [0.15, 0.2) is 60.7 Å². The van der Waals surface area contributed by atoms with Crippen LogP contribution < -0.4 is 0 Å². The predicted octanol–water partition coefficient (Wildman–Crippen LogP) is 11.7. The molecule has 0 atom stereocenters. The van der Waals surface area contributed by atoms with Crippen LogP contribution in [0.3, 0.4) is 0 Å². The van der Waals surface area contributed by atoms with E-state index in [2.05, 4.69) is 61.8 Å². The van der Waals surface area contributed by atoms with Gasteiger partial charge in [-0.15, -0.1) is 0 Å². The summed E-state index contributed by atoms with van der Waals surface area (Å²) in [5.41, 5.74) is 4.25. The summed E-state index contributed by atoms with van der Waals surface area (Å²) in [5.74, 6) is 10.4. The zero-order valence-electron chi connectivity index (χ0n) is 26.6. The normalized spacial score (nSPS) is 10.6. The van der Waals surface area contributed by atoms with Crippen molar-refractivity contribution in [1.29, 1.82) is 0 Å². The van der Waals surface area contributed by atoms with E-state index in [-0.39, 0.29) is 11.1 Å². The molecular weight excluding hydrogens is 530 g/mol. The molecule has 0 aliphatic heterocycles. The molecule has 3 aromatic rings. The molecule has 3 aromatic carbocycles. The molecule has 0 nitrogen and oxygen atoms in total. The van der Waals surface area contributed by atoms with Gasteiger partial charge >= 0.3 is 0 Å². The molecule has 0 fully saturated rings. The highest BCUT2D eigenvalue weighted by Gasteiger charge is 2.07. The molecule has 0 spiro atoms. The van der Waals surface area contributed by atoms with Gasteiger partial charge in [0.05, 0.1) is 11.1 Å². The molecule has 0 aliphatic carbocycles. The lowest BCUT2D eigenvalue weighted by molar-refractivity contribution is 0.575. The Hall–Kier alpha value is -3.36. The van der Waals surface area contributed by atoms with Gasteiger partial charge in [-0.2, -0.15) is 0 Å². The van der Waals surface area contributed by atoms with Crippen molar-refractivity contribution in [3.63, 3.8) is 0 Å². The summed E-state index contributed by atoms with van der Waals surface area (Å²) in [6, 6.07) is 18.5. The average molecular weight is 581 g/mol. The van der Waals surface area contributed by atoms with E-state index in [1.165, 1.54) is 107 Å². The quantitative estimate of drug-likeness (QED) is 0.110. The molecule has 0 N–H and O–H groups in total. The fraction of sp³-hybridized carbons (Fsp3) is 0.463. The summed E-state index contributed by atoms with van der Waals surface area (Å²) in [4.78, 5) is 0. The van der Waals surface area contributed by atoms with Crippen molar-refractivity contribution in [2.45, 2.75) is 123 Å². The molecule has 0 saturated carbocycles. The van der Waals surface area contributed by atoms with Gasteiger partial charge in [-0.05, 0) is 73.2 Å². The number of hydrogen-bond acceptors (Lipinski definition) is 0. The van der Waals surface area contributed by atoms with E-state index in [0.29, 0.717) is 0 Å². The highest BCUT2D eigenvalue weighted by Crippen LogP contribution is 2.16. The number of unbranched alkanes of at least 4 members (excludes halogenated alkanes) is 13. The van der Waals surface area contributed by atoms with E-state index in [9.17, 15) is 8.78 Å². The minimum Gasteiger partial charge on any atom is -0.206 e. The maximum absolute atomic E-state index is 14.8. The smallest absolute Gasteiger partial charge is 0.140 e. The topological polar surface area (TPSA) is 0 Å². The van der Waals surface area contributed by atoms with E-state index >= 15 is 0 Å². The fourth-order valence-corrected chi connectivity index (χ4v) is 5.28. The highest BCUT2D eigenvalue weighted by molar-refractivity contribution is 5.49. The van der Waals surface area contributed by atoms with E-state index in [4.69, 9.17) is 0 Å². The Labute approximate surface area is 260 Å². The number of rotatable bonds is 17. The second kappa shape index (κ2) is 20.5. The molecule has 0 heterocycles. The Morgan fingerprint density at radius 1 is 0.419 bits per heavy atom. The Morgan fingerprint density at radius 3 is 1.09 bits per heavy atom. The minimum absolute atomic E-state index is 0.0421. The number of hydrogen-bond donors (Lipinski definition) is 0. The van der Waals surface area contributed by atoms with Crippen LogP contribution >= 0.6 is 0 Å². The lowest BCUT2D eigenvalue weighted by Crippen LogP contribution is -1.92. The molecule has 2 heteroatoms. The third-order valence-electron chi connectivity index (χ3n) is 8.04. The molecule has 0 unspecified atom stereocenters. The first-order valence-electron chi connectivity index (χ1n) is 16.8. The van der Waals surface area contributed by atoms with Crippen LogP contribution in [0.5, 0.6) is 0 Å². The largest absolute Gasteiger partial charge is 0.206 e. The maximum atomic E-state index is 14.8. The summed E-state index contributed by atoms with van der Waals surface area (Å²) in [6.45, 7) is 4.49. The number of halogens is 2. The first-order valence-corrected chi connectivity index (χ1v) is 16.8. The summed E-state index contributed by atoms with van der Waals surface area (Å²) < 4.78 is 29.5. The fourth-order valence-electron chi connectivity index (χ4n) is 5.28. The minimum atomic E-state index is -0.561. The van der Waals surface area contributed by atoms with Gasteiger partial charge in [0.15, 0.2) is 0 Å². The van der Waals surface area contributed by atoms with Crippen LogP contribution in [-0.4, -0.2) is 0 Å². The van der Waals surface area contributed by atoms with E-state index in [0.717, 1.165) is 36.1 Å². The monoisotopic (exact) mass is 580 g/mol. The third kappa shape index (κ3) is 13.7. The van der Waals surface area contributed by atoms with Crippen molar-refractivity contribution in [2.24, 2.45) is 0 Å². The first kappa shape index (κ1) is 34.1. The van der Waals surface area contributed by atoms with E-state index < -0.39 is 11.6 Å². The summed E-state index contributed by atoms with van der Waals surface area (Å²) in [6.07, 6.45) is 21.7. The van der Waals surface area contributed by atoms with Crippen LogP contribution in [0, 0.1) is 35.3 Å². The van der Waals surface area contributed by atoms with Crippen LogP contribution in [0.1, 0.15) is 144 Å². The zero-order chi connectivity index (χ0) is 30.5. The van der Waals surface area contributed by atoms with Crippen LogP contribution in [-0.2, 0) is 12.8 Å². The van der Waals surface area contributed by atoms with Crippen molar-refractivity contribution in [1.82, 2.24) is 0 Å². The molecule has 0 aliphatic rings. The molecule has 0 saturated heterocycles. The average Bonchev–Trinajstić information content (AvgIpc) is 3.02.